The lowest BCUT2D eigenvalue weighted by atomic mass is 10.2. The molecule has 0 saturated carbocycles. The van der Waals surface area contributed by atoms with Gasteiger partial charge in [-0.3, -0.25) is 14.2 Å². The number of nitrogens with zero attached hydrogens (tertiary/aromatic N) is 3. The van der Waals surface area contributed by atoms with E-state index in [1.54, 1.807) is 36.4 Å². The van der Waals surface area contributed by atoms with Gasteiger partial charge in [-0.15, -0.1) is 11.3 Å². The number of halogens is 2. The first kappa shape index (κ1) is 19.6. The monoisotopic (exact) mass is 444 g/mol. The SMILES string of the molecule is O=C(CCn1cnc2ccccc2c1=O)Nc1nc(-c2ccc(Cl)cc2Cl)cs1. The molecule has 4 rings (SSSR count). The van der Waals surface area contributed by atoms with Crippen LogP contribution in [0.5, 0.6) is 0 Å². The number of rotatable bonds is 5. The average molecular weight is 445 g/mol. The van der Waals surface area contributed by atoms with Crippen molar-refractivity contribution in [3.63, 3.8) is 0 Å². The molecule has 0 atom stereocenters. The topological polar surface area (TPSA) is 76.9 Å². The first-order valence-corrected chi connectivity index (χ1v) is 10.3. The smallest absolute Gasteiger partial charge is 0.261 e. The van der Waals surface area contributed by atoms with Crippen LogP contribution >= 0.6 is 34.5 Å². The minimum absolute atomic E-state index is 0.122. The molecule has 6 nitrogen and oxygen atoms in total. The fourth-order valence-electron chi connectivity index (χ4n) is 2.82. The largest absolute Gasteiger partial charge is 0.302 e. The van der Waals surface area contributed by atoms with E-state index in [0.29, 0.717) is 31.8 Å². The lowest BCUT2D eigenvalue weighted by Gasteiger charge is -2.06. The van der Waals surface area contributed by atoms with Gasteiger partial charge in [0.15, 0.2) is 5.13 Å². The number of hydrogen-bond donors (Lipinski definition) is 1. The summed E-state index contributed by atoms with van der Waals surface area (Å²) in [5, 5.41) is 6.58. The molecule has 1 N–H and O–H groups in total. The van der Waals surface area contributed by atoms with Crippen LogP contribution in [-0.2, 0) is 11.3 Å². The van der Waals surface area contributed by atoms with E-state index < -0.39 is 0 Å². The third kappa shape index (κ3) is 4.32. The zero-order valence-corrected chi connectivity index (χ0v) is 17.3. The van der Waals surface area contributed by atoms with Gasteiger partial charge in [-0.05, 0) is 30.3 Å². The summed E-state index contributed by atoms with van der Waals surface area (Å²) in [7, 11) is 0. The highest BCUT2D eigenvalue weighted by molar-refractivity contribution is 7.14. The second-order valence-electron chi connectivity index (χ2n) is 6.22. The van der Waals surface area contributed by atoms with Crippen LogP contribution in [0.2, 0.25) is 10.0 Å². The number of anilines is 1. The molecule has 0 aliphatic carbocycles. The van der Waals surface area contributed by atoms with Gasteiger partial charge in [0, 0.05) is 28.9 Å². The van der Waals surface area contributed by atoms with Crippen LogP contribution < -0.4 is 10.9 Å². The van der Waals surface area contributed by atoms with Gasteiger partial charge in [-0.25, -0.2) is 9.97 Å². The van der Waals surface area contributed by atoms with E-state index in [4.69, 9.17) is 23.2 Å². The van der Waals surface area contributed by atoms with E-state index in [1.165, 1.54) is 22.2 Å². The van der Waals surface area contributed by atoms with Crippen molar-refractivity contribution < 1.29 is 4.79 Å². The minimum atomic E-state index is -0.242. The maximum absolute atomic E-state index is 12.5. The van der Waals surface area contributed by atoms with Crippen LogP contribution in [0.3, 0.4) is 0 Å². The summed E-state index contributed by atoms with van der Waals surface area (Å²) in [5.74, 6) is -0.242. The number of carbonyl (C=O) groups is 1. The summed E-state index contributed by atoms with van der Waals surface area (Å²) in [6, 6.07) is 12.3. The highest BCUT2D eigenvalue weighted by Gasteiger charge is 2.12. The van der Waals surface area contributed by atoms with Gasteiger partial charge in [-0.1, -0.05) is 35.3 Å². The first-order valence-electron chi connectivity index (χ1n) is 8.66. The van der Waals surface area contributed by atoms with E-state index >= 15 is 0 Å². The minimum Gasteiger partial charge on any atom is -0.302 e. The lowest BCUT2D eigenvalue weighted by molar-refractivity contribution is -0.116. The quantitative estimate of drug-likeness (QED) is 0.476. The number of fused-ring (bicyclic) bond motifs is 1. The second-order valence-corrected chi connectivity index (χ2v) is 7.92. The Kier molecular flexibility index (Phi) is 5.62. The van der Waals surface area contributed by atoms with Crippen LogP contribution in [0.25, 0.3) is 22.2 Å². The molecule has 0 aliphatic heterocycles. The zero-order chi connectivity index (χ0) is 20.4. The molecule has 146 valence electrons. The normalized spacial score (nSPS) is 11.0. The molecule has 0 radical (unpaired) electrons. The van der Waals surface area contributed by atoms with E-state index in [-0.39, 0.29) is 24.4 Å². The Morgan fingerprint density at radius 2 is 2.00 bits per heavy atom. The van der Waals surface area contributed by atoms with Crippen molar-refractivity contribution in [3.8, 4) is 11.3 Å². The Bertz CT molecular complexity index is 1270. The van der Waals surface area contributed by atoms with Crippen LogP contribution in [0.15, 0.2) is 59.0 Å². The Hall–Kier alpha value is -2.74. The predicted molar refractivity (Wildman–Crippen MR) is 117 cm³/mol. The van der Waals surface area contributed by atoms with Gasteiger partial charge < -0.3 is 5.32 Å². The molecule has 0 fully saturated rings. The molecule has 2 aromatic carbocycles. The number of aryl methyl sites for hydroxylation is 1. The third-order valence-electron chi connectivity index (χ3n) is 4.27. The Morgan fingerprint density at radius 1 is 1.17 bits per heavy atom. The number of hydrogen-bond acceptors (Lipinski definition) is 5. The van der Waals surface area contributed by atoms with Crippen molar-refractivity contribution in [2.45, 2.75) is 13.0 Å². The Labute approximate surface area is 179 Å². The summed E-state index contributed by atoms with van der Waals surface area (Å²) >= 11 is 13.4. The van der Waals surface area contributed by atoms with Gasteiger partial charge in [0.25, 0.3) is 5.56 Å². The van der Waals surface area contributed by atoms with E-state index in [1.807, 2.05) is 11.4 Å². The van der Waals surface area contributed by atoms with Crippen molar-refractivity contribution in [3.05, 3.63) is 74.6 Å². The summed E-state index contributed by atoms with van der Waals surface area (Å²) in [6.07, 6.45) is 1.58. The van der Waals surface area contributed by atoms with Crippen molar-refractivity contribution in [2.24, 2.45) is 0 Å². The molecule has 9 heteroatoms. The standard InChI is InChI=1S/C20H14Cl2N4O2S/c21-12-5-6-13(15(22)9-12)17-10-29-20(24-17)25-18(27)7-8-26-11-23-16-4-2-1-3-14(16)19(26)28/h1-6,9-11H,7-8H2,(H,24,25,27). The number of carbonyl (C=O) groups excluding carboxylic acids is 1. The molecule has 2 heterocycles. The van der Waals surface area contributed by atoms with Crippen molar-refractivity contribution in [1.29, 1.82) is 0 Å². The molecule has 4 aromatic rings. The van der Waals surface area contributed by atoms with Crippen molar-refractivity contribution >= 4 is 56.5 Å². The van der Waals surface area contributed by atoms with E-state index in [2.05, 4.69) is 15.3 Å². The summed E-state index contributed by atoms with van der Waals surface area (Å²) in [6.45, 7) is 0.226. The van der Waals surface area contributed by atoms with Gasteiger partial charge in [-0.2, -0.15) is 0 Å². The van der Waals surface area contributed by atoms with Crippen LogP contribution in [-0.4, -0.2) is 20.4 Å². The van der Waals surface area contributed by atoms with Crippen LogP contribution in [0.4, 0.5) is 5.13 Å². The van der Waals surface area contributed by atoms with E-state index in [9.17, 15) is 9.59 Å². The van der Waals surface area contributed by atoms with Crippen LogP contribution in [0, 0.1) is 0 Å². The van der Waals surface area contributed by atoms with Gasteiger partial charge in [0.2, 0.25) is 5.91 Å². The number of para-hydroxylation sites is 1. The number of thiazole rings is 1. The number of aromatic nitrogens is 3. The van der Waals surface area contributed by atoms with Crippen LogP contribution in [0.1, 0.15) is 6.42 Å². The summed E-state index contributed by atoms with van der Waals surface area (Å²) in [4.78, 5) is 33.4. The molecule has 0 unspecified atom stereocenters. The van der Waals surface area contributed by atoms with Gasteiger partial charge in [0.05, 0.1) is 27.9 Å². The molecule has 29 heavy (non-hydrogen) atoms. The van der Waals surface area contributed by atoms with Crippen molar-refractivity contribution in [1.82, 2.24) is 14.5 Å². The zero-order valence-electron chi connectivity index (χ0n) is 14.9. The maximum atomic E-state index is 12.5. The van der Waals surface area contributed by atoms with E-state index in [0.717, 1.165) is 5.56 Å². The lowest BCUT2D eigenvalue weighted by Crippen LogP contribution is -2.23. The molecular weight excluding hydrogens is 431 g/mol. The number of benzene rings is 2. The predicted octanol–water partition coefficient (Wildman–Crippen LogP) is 4.86. The molecule has 2 aromatic heterocycles. The van der Waals surface area contributed by atoms with Crippen molar-refractivity contribution in [2.75, 3.05) is 5.32 Å². The Balaban J connectivity index is 1.42. The molecule has 0 saturated heterocycles. The highest BCUT2D eigenvalue weighted by atomic mass is 35.5. The maximum Gasteiger partial charge on any atom is 0.261 e. The first-order chi connectivity index (χ1) is 14.0. The number of amides is 1. The highest BCUT2D eigenvalue weighted by Crippen LogP contribution is 2.32. The fraction of sp³-hybridized carbons (Fsp3) is 0.100. The van der Waals surface area contributed by atoms with Gasteiger partial charge in [0.1, 0.15) is 0 Å². The third-order valence-corrected chi connectivity index (χ3v) is 5.57. The molecule has 1 amide bonds. The fourth-order valence-corrected chi connectivity index (χ4v) is 4.05. The summed E-state index contributed by atoms with van der Waals surface area (Å²) in [5.41, 5.74) is 1.86. The Morgan fingerprint density at radius 3 is 2.83 bits per heavy atom. The molecule has 0 bridgehead atoms. The number of nitrogens with one attached hydrogen (secondary N) is 1. The average Bonchev–Trinajstić information content (AvgIpc) is 3.15. The summed E-state index contributed by atoms with van der Waals surface area (Å²) < 4.78 is 1.43. The molecular formula is C20H14Cl2N4O2S. The molecule has 0 aliphatic rings. The second kappa shape index (κ2) is 8.32. The van der Waals surface area contributed by atoms with Gasteiger partial charge >= 0.3 is 0 Å². The molecule has 0 spiro atoms.